The molecular formula is C25H22FN3O. The van der Waals surface area contributed by atoms with Crippen LogP contribution in [0, 0.1) is 26.6 Å². The largest absolute Gasteiger partial charge is 0.321 e. The quantitative estimate of drug-likeness (QED) is 0.467. The summed E-state index contributed by atoms with van der Waals surface area (Å²) in [5.41, 5.74) is 5.75. The Labute approximate surface area is 175 Å². The molecule has 0 saturated heterocycles. The molecule has 0 aliphatic heterocycles. The summed E-state index contributed by atoms with van der Waals surface area (Å²) in [5, 5.41) is 7.51. The summed E-state index contributed by atoms with van der Waals surface area (Å²) in [4.78, 5) is 13.1. The number of aromatic nitrogens is 2. The molecule has 0 fully saturated rings. The van der Waals surface area contributed by atoms with Gasteiger partial charge in [-0.2, -0.15) is 5.10 Å². The lowest BCUT2D eigenvalue weighted by atomic mass is 10.1. The van der Waals surface area contributed by atoms with E-state index in [-0.39, 0.29) is 11.7 Å². The molecule has 0 radical (unpaired) electrons. The average molecular weight is 399 g/mol. The van der Waals surface area contributed by atoms with Crippen molar-refractivity contribution in [1.82, 2.24) is 9.78 Å². The summed E-state index contributed by atoms with van der Waals surface area (Å²) in [6.45, 7) is 5.96. The van der Waals surface area contributed by atoms with Gasteiger partial charge in [0.2, 0.25) is 0 Å². The van der Waals surface area contributed by atoms with Crippen molar-refractivity contribution < 1.29 is 9.18 Å². The molecule has 0 aliphatic rings. The van der Waals surface area contributed by atoms with E-state index in [4.69, 9.17) is 0 Å². The van der Waals surface area contributed by atoms with Gasteiger partial charge in [0.15, 0.2) is 0 Å². The normalized spacial score (nSPS) is 10.8. The Bertz CT molecular complexity index is 1230. The molecule has 0 bridgehead atoms. The fourth-order valence-corrected chi connectivity index (χ4v) is 3.40. The zero-order valence-corrected chi connectivity index (χ0v) is 17.1. The number of nitrogens with one attached hydrogen (secondary N) is 1. The molecule has 150 valence electrons. The zero-order chi connectivity index (χ0) is 21.3. The number of benzene rings is 3. The summed E-state index contributed by atoms with van der Waals surface area (Å²) in [5.74, 6) is -0.692. The van der Waals surface area contributed by atoms with Crippen molar-refractivity contribution in [3.63, 3.8) is 0 Å². The molecule has 3 aromatic carbocycles. The Morgan fingerprint density at radius 1 is 0.900 bits per heavy atom. The van der Waals surface area contributed by atoms with Crippen molar-refractivity contribution in [2.45, 2.75) is 20.8 Å². The van der Waals surface area contributed by atoms with Gasteiger partial charge in [0.05, 0.1) is 11.4 Å². The van der Waals surface area contributed by atoms with Gasteiger partial charge in [-0.05, 0) is 62.7 Å². The number of anilines is 1. The van der Waals surface area contributed by atoms with Crippen LogP contribution in [0.2, 0.25) is 0 Å². The SMILES string of the molecule is Cc1ccc(NC(=O)c2cc(-c3ccccc3F)nn2-c2ccc(C)cc2C)cc1. The molecule has 1 N–H and O–H groups in total. The first-order valence-electron chi connectivity index (χ1n) is 9.73. The van der Waals surface area contributed by atoms with Crippen molar-refractivity contribution in [3.8, 4) is 16.9 Å². The first kappa shape index (κ1) is 19.6. The monoisotopic (exact) mass is 399 g/mol. The third-order valence-corrected chi connectivity index (χ3v) is 4.98. The van der Waals surface area contributed by atoms with Crippen molar-refractivity contribution in [1.29, 1.82) is 0 Å². The molecule has 0 aliphatic carbocycles. The molecular weight excluding hydrogens is 377 g/mol. The number of halogens is 1. The Morgan fingerprint density at radius 3 is 2.30 bits per heavy atom. The second-order valence-electron chi connectivity index (χ2n) is 7.42. The predicted octanol–water partition coefficient (Wildman–Crippen LogP) is 5.86. The summed E-state index contributed by atoms with van der Waals surface area (Å²) < 4.78 is 16.0. The highest BCUT2D eigenvalue weighted by atomic mass is 19.1. The standard InChI is InChI=1S/C25H22FN3O/c1-16-8-11-19(12-9-16)27-25(30)24-15-22(20-6-4-5-7-21(20)26)28-29(24)23-13-10-17(2)14-18(23)3/h4-15H,1-3H3,(H,27,30). The van der Waals surface area contributed by atoms with E-state index in [0.717, 1.165) is 22.4 Å². The first-order valence-corrected chi connectivity index (χ1v) is 9.73. The van der Waals surface area contributed by atoms with E-state index in [2.05, 4.69) is 10.4 Å². The van der Waals surface area contributed by atoms with Crippen molar-refractivity contribution in [2.24, 2.45) is 0 Å². The minimum absolute atomic E-state index is 0.311. The van der Waals surface area contributed by atoms with Crippen LogP contribution in [0.15, 0.2) is 72.8 Å². The van der Waals surface area contributed by atoms with Gasteiger partial charge in [0.1, 0.15) is 11.5 Å². The van der Waals surface area contributed by atoms with Crippen molar-refractivity contribution in [3.05, 3.63) is 101 Å². The molecule has 4 aromatic rings. The average Bonchev–Trinajstić information content (AvgIpc) is 3.15. The lowest BCUT2D eigenvalue weighted by Crippen LogP contribution is -2.17. The van der Waals surface area contributed by atoms with Gasteiger partial charge in [-0.1, -0.05) is 47.5 Å². The van der Waals surface area contributed by atoms with E-state index < -0.39 is 0 Å². The number of rotatable bonds is 4. The molecule has 4 rings (SSSR count). The molecule has 1 heterocycles. The van der Waals surface area contributed by atoms with Gasteiger partial charge >= 0.3 is 0 Å². The minimum atomic E-state index is -0.381. The van der Waals surface area contributed by atoms with Gasteiger partial charge in [-0.25, -0.2) is 9.07 Å². The predicted molar refractivity (Wildman–Crippen MR) is 118 cm³/mol. The number of hydrogen-bond donors (Lipinski definition) is 1. The molecule has 1 aromatic heterocycles. The smallest absolute Gasteiger partial charge is 0.274 e. The van der Waals surface area contributed by atoms with E-state index in [1.54, 1.807) is 28.9 Å². The summed E-state index contributed by atoms with van der Waals surface area (Å²) >= 11 is 0. The van der Waals surface area contributed by atoms with Gasteiger partial charge in [-0.15, -0.1) is 0 Å². The summed E-state index contributed by atoms with van der Waals surface area (Å²) in [6.07, 6.45) is 0. The lowest BCUT2D eigenvalue weighted by molar-refractivity contribution is 0.101. The maximum absolute atomic E-state index is 14.4. The van der Waals surface area contributed by atoms with E-state index in [9.17, 15) is 9.18 Å². The van der Waals surface area contributed by atoms with Gasteiger partial charge < -0.3 is 5.32 Å². The van der Waals surface area contributed by atoms with Crippen LogP contribution in [0.4, 0.5) is 10.1 Å². The van der Waals surface area contributed by atoms with Crippen LogP contribution in [-0.4, -0.2) is 15.7 Å². The second kappa shape index (κ2) is 7.95. The Kier molecular flexibility index (Phi) is 5.19. The summed E-state index contributed by atoms with van der Waals surface area (Å²) in [7, 11) is 0. The maximum Gasteiger partial charge on any atom is 0.274 e. The number of carbonyl (C=O) groups is 1. The third kappa shape index (κ3) is 3.87. The molecule has 0 saturated carbocycles. The van der Waals surface area contributed by atoms with Gasteiger partial charge in [0.25, 0.3) is 5.91 Å². The fourth-order valence-electron chi connectivity index (χ4n) is 3.40. The molecule has 5 heteroatoms. The topological polar surface area (TPSA) is 46.9 Å². The highest BCUT2D eigenvalue weighted by Crippen LogP contribution is 2.26. The Hall–Kier alpha value is -3.73. The van der Waals surface area contributed by atoms with Crippen LogP contribution in [-0.2, 0) is 0 Å². The lowest BCUT2D eigenvalue weighted by Gasteiger charge is -2.11. The van der Waals surface area contributed by atoms with Crippen LogP contribution in [0.25, 0.3) is 16.9 Å². The Balaban J connectivity index is 1.82. The number of hydrogen-bond acceptors (Lipinski definition) is 2. The zero-order valence-electron chi connectivity index (χ0n) is 17.1. The number of carbonyl (C=O) groups excluding carboxylic acids is 1. The molecule has 4 nitrogen and oxygen atoms in total. The van der Waals surface area contributed by atoms with Crippen LogP contribution in [0.3, 0.4) is 0 Å². The molecule has 30 heavy (non-hydrogen) atoms. The number of nitrogens with zero attached hydrogens (tertiary/aromatic N) is 2. The molecule has 0 atom stereocenters. The highest BCUT2D eigenvalue weighted by Gasteiger charge is 2.20. The van der Waals surface area contributed by atoms with Crippen LogP contribution in [0.5, 0.6) is 0 Å². The highest BCUT2D eigenvalue weighted by molar-refractivity contribution is 6.04. The minimum Gasteiger partial charge on any atom is -0.321 e. The van der Waals surface area contributed by atoms with Gasteiger partial charge in [0, 0.05) is 11.3 Å². The van der Waals surface area contributed by atoms with E-state index in [1.165, 1.54) is 6.07 Å². The molecule has 0 unspecified atom stereocenters. The van der Waals surface area contributed by atoms with Crippen LogP contribution in [0.1, 0.15) is 27.2 Å². The summed E-state index contributed by atoms with van der Waals surface area (Å²) in [6, 6.07) is 21.5. The Morgan fingerprint density at radius 2 is 1.60 bits per heavy atom. The third-order valence-electron chi connectivity index (χ3n) is 4.98. The molecule has 0 spiro atoms. The van der Waals surface area contributed by atoms with Gasteiger partial charge in [-0.3, -0.25) is 4.79 Å². The fraction of sp³-hybridized carbons (Fsp3) is 0.120. The first-order chi connectivity index (χ1) is 14.4. The number of aryl methyl sites for hydroxylation is 3. The van der Waals surface area contributed by atoms with E-state index >= 15 is 0 Å². The van der Waals surface area contributed by atoms with Crippen LogP contribution < -0.4 is 5.32 Å². The van der Waals surface area contributed by atoms with Crippen LogP contribution >= 0.6 is 0 Å². The number of amides is 1. The van der Waals surface area contributed by atoms with E-state index in [0.29, 0.717) is 22.6 Å². The van der Waals surface area contributed by atoms with Crippen molar-refractivity contribution in [2.75, 3.05) is 5.32 Å². The maximum atomic E-state index is 14.4. The van der Waals surface area contributed by atoms with Crippen molar-refractivity contribution >= 4 is 11.6 Å². The second-order valence-corrected chi connectivity index (χ2v) is 7.42. The molecule has 1 amide bonds. The van der Waals surface area contributed by atoms with E-state index in [1.807, 2.05) is 63.2 Å².